The molecule has 0 spiro atoms. The van der Waals surface area contributed by atoms with E-state index in [4.69, 9.17) is 0 Å². The smallest absolute Gasteiger partial charge is 0.0408 e. The van der Waals surface area contributed by atoms with E-state index in [0.29, 0.717) is 0 Å². The molecule has 57 heavy (non-hydrogen) atoms. The molecule has 0 saturated heterocycles. The first-order valence-corrected chi connectivity index (χ1v) is 25.3. The molecule has 0 N–H and O–H groups in total. The predicted molar refractivity (Wildman–Crippen MR) is 258 cm³/mol. The third-order valence-electron chi connectivity index (χ3n) is 10.9. The molecule has 8 aromatic carbocycles. The van der Waals surface area contributed by atoms with Crippen LogP contribution in [0, 0.1) is 0 Å². The normalized spacial score (nSPS) is 12.9. The van der Waals surface area contributed by atoms with Crippen LogP contribution in [0.1, 0.15) is 13.8 Å². The van der Waals surface area contributed by atoms with Crippen molar-refractivity contribution in [1.29, 1.82) is 0 Å². The van der Waals surface area contributed by atoms with Crippen molar-refractivity contribution in [3.8, 4) is 0 Å². The minimum absolute atomic E-state index is 0.225. The van der Waals surface area contributed by atoms with Crippen LogP contribution in [-0.2, 0) is 0 Å². The molecule has 0 fully saturated rings. The molecule has 0 heterocycles. The van der Waals surface area contributed by atoms with Crippen molar-refractivity contribution in [2.45, 2.75) is 30.1 Å². The van der Waals surface area contributed by atoms with Gasteiger partial charge in [-0.05, 0) is 85.4 Å². The second-order valence-corrected chi connectivity index (χ2v) is 24.6. The maximum atomic E-state index is 2.66. The van der Waals surface area contributed by atoms with E-state index in [0.717, 1.165) is 0 Å². The highest BCUT2D eigenvalue weighted by Crippen LogP contribution is 2.76. The first-order chi connectivity index (χ1) is 28.2. The van der Waals surface area contributed by atoms with Crippen molar-refractivity contribution in [3.63, 3.8) is 0 Å². The van der Waals surface area contributed by atoms with Gasteiger partial charge >= 0.3 is 0 Å². The van der Waals surface area contributed by atoms with Crippen LogP contribution in [0.25, 0.3) is 0 Å². The Bertz CT molecular complexity index is 2050. The fraction of sp³-hybridized carbons (Fsp3) is 0.0943. The van der Waals surface area contributed by atoms with E-state index in [9.17, 15) is 0 Å². The zero-order chi connectivity index (χ0) is 38.9. The van der Waals surface area contributed by atoms with Gasteiger partial charge in [-0.2, -0.15) is 0 Å². The van der Waals surface area contributed by atoms with Crippen LogP contribution >= 0.6 is 31.7 Å². The molecule has 280 valence electrons. The Morgan fingerprint density at radius 2 is 0.404 bits per heavy atom. The molecule has 0 radical (unpaired) electrons. The summed E-state index contributed by atoms with van der Waals surface area (Å²) < 4.78 is 0. The van der Waals surface area contributed by atoms with Crippen LogP contribution in [0.15, 0.2) is 243 Å². The largest absolute Gasteiger partial charge is 0.0622 e. The van der Waals surface area contributed by atoms with Crippen LogP contribution in [0.2, 0.25) is 0 Å². The Morgan fingerprint density at radius 3 is 0.579 bits per heavy atom. The maximum Gasteiger partial charge on any atom is 0.0408 e. The first-order valence-electron chi connectivity index (χ1n) is 19.8. The van der Waals surface area contributed by atoms with Gasteiger partial charge in [0.2, 0.25) is 0 Å². The molecule has 8 aromatic rings. The number of benzene rings is 8. The van der Waals surface area contributed by atoms with Crippen molar-refractivity contribution in [2.24, 2.45) is 0 Å². The summed E-state index contributed by atoms with van der Waals surface area (Å²) in [4.78, 5) is -0.287. The summed E-state index contributed by atoms with van der Waals surface area (Å²) in [6.07, 6.45) is 0. The van der Waals surface area contributed by atoms with Gasteiger partial charge in [0.1, 0.15) is 0 Å². The highest BCUT2D eigenvalue weighted by molar-refractivity contribution is 7.93. The fourth-order valence-electron chi connectivity index (χ4n) is 8.56. The summed E-state index contributed by atoms with van der Waals surface area (Å²) >= 11 is 0. The second-order valence-electron chi connectivity index (χ2n) is 14.2. The lowest BCUT2D eigenvalue weighted by Gasteiger charge is -2.58. The molecule has 0 aliphatic heterocycles. The Morgan fingerprint density at radius 1 is 0.246 bits per heavy atom. The summed E-state index contributed by atoms with van der Waals surface area (Å²) in [5, 5.41) is 11.5. The average Bonchev–Trinajstić information content (AvgIpc) is 3.29. The van der Waals surface area contributed by atoms with E-state index in [1.807, 2.05) is 0 Å². The van der Waals surface area contributed by atoms with Gasteiger partial charge in [0, 0.05) is 4.90 Å². The Kier molecular flexibility index (Phi) is 13.0. The number of hydrogen-bond donors (Lipinski definition) is 0. The van der Waals surface area contributed by atoms with Crippen LogP contribution in [-0.4, -0.2) is 16.2 Å². The predicted octanol–water partition coefficient (Wildman–Crippen LogP) is 11.0. The molecule has 0 aliphatic carbocycles. The van der Waals surface area contributed by atoms with E-state index >= 15 is 0 Å². The zero-order valence-corrected chi connectivity index (χ0v) is 36.1. The van der Waals surface area contributed by atoms with Crippen molar-refractivity contribution in [2.75, 3.05) is 0 Å². The third kappa shape index (κ3) is 8.27. The van der Waals surface area contributed by atoms with Crippen LogP contribution in [0.4, 0.5) is 0 Å². The minimum Gasteiger partial charge on any atom is -0.0622 e. The fourth-order valence-corrected chi connectivity index (χ4v) is 24.8. The molecule has 2 unspecified atom stereocenters. The molecule has 0 nitrogen and oxygen atoms in total. The Labute approximate surface area is 345 Å². The first kappa shape index (κ1) is 39.3. The average molecular weight is 809 g/mol. The highest BCUT2D eigenvalue weighted by atomic mass is 31.2. The van der Waals surface area contributed by atoms with E-state index in [2.05, 4.69) is 257 Å². The quantitative estimate of drug-likeness (QED) is 0.0960. The van der Waals surface area contributed by atoms with Crippen molar-refractivity contribution in [3.05, 3.63) is 243 Å². The minimum atomic E-state index is -1.03. The summed E-state index contributed by atoms with van der Waals surface area (Å²) in [5.41, 5.74) is 0.450. The van der Waals surface area contributed by atoms with Crippen LogP contribution in [0.3, 0.4) is 0 Å². The summed E-state index contributed by atoms with van der Waals surface area (Å²) in [5.74, 6) is 0. The van der Waals surface area contributed by atoms with Crippen LogP contribution in [0.5, 0.6) is 0 Å². The lowest BCUT2D eigenvalue weighted by molar-refractivity contribution is 0.745. The van der Waals surface area contributed by atoms with Crippen LogP contribution < -0.4 is 42.4 Å². The molecule has 0 aliphatic rings. The van der Waals surface area contributed by atoms with Crippen molar-refractivity contribution < 1.29 is 0 Å². The Hall–Kier alpha value is -4.52. The second kappa shape index (κ2) is 18.8. The molecule has 4 heteroatoms. The SMILES string of the molecule is CC(P(c1ccccc1)c1ccccc1)C(C(C)P(c1ccccc1)c1ccccc1)(P(c1ccccc1)c1ccccc1)P(c1ccccc1)c1ccccc1. The molecule has 0 amide bonds. The standard InChI is InChI=1S/C53H48P4/c1-43(54(45-27-11-3-12-28-45)46-29-13-4-14-30-46)53(56(49-35-19-7-20-36-49)50-37-21-8-22-38-50,57(51-39-23-9-24-40-51)52-41-25-10-26-42-52)44(2)55(47-31-15-5-16-32-47)48-33-17-6-18-34-48/h3-44H,1-2H3. The van der Waals surface area contributed by atoms with Gasteiger partial charge < -0.3 is 0 Å². The molecular weight excluding hydrogens is 760 g/mol. The van der Waals surface area contributed by atoms with Crippen molar-refractivity contribution in [1.82, 2.24) is 0 Å². The van der Waals surface area contributed by atoms with E-state index < -0.39 is 31.7 Å². The van der Waals surface area contributed by atoms with Gasteiger partial charge in [0.05, 0.1) is 0 Å². The number of rotatable bonds is 14. The lowest BCUT2D eigenvalue weighted by Crippen LogP contribution is -2.55. The third-order valence-corrected chi connectivity index (χ3v) is 25.0. The summed E-state index contributed by atoms with van der Waals surface area (Å²) in [6, 6.07) is 92.4. The van der Waals surface area contributed by atoms with Gasteiger partial charge in [0.15, 0.2) is 0 Å². The van der Waals surface area contributed by atoms with Gasteiger partial charge in [-0.1, -0.05) is 257 Å². The molecule has 0 aromatic heterocycles. The molecule has 8 rings (SSSR count). The molecule has 2 atom stereocenters. The zero-order valence-electron chi connectivity index (χ0n) is 32.5. The summed E-state index contributed by atoms with van der Waals surface area (Å²) in [7, 11) is -3.82. The van der Waals surface area contributed by atoms with E-state index in [-0.39, 0.29) is 16.2 Å². The highest BCUT2D eigenvalue weighted by Gasteiger charge is 2.59. The molecule has 0 saturated carbocycles. The van der Waals surface area contributed by atoms with E-state index in [1.165, 1.54) is 42.4 Å². The number of hydrogen-bond acceptors (Lipinski definition) is 0. The monoisotopic (exact) mass is 808 g/mol. The topological polar surface area (TPSA) is 0 Å². The van der Waals surface area contributed by atoms with Gasteiger partial charge in [-0.15, -0.1) is 0 Å². The molecular formula is C53H48P4. The Balaban J connectivity index is 1.58. The van der Waals surface area contributed by atoms with Gasteiger partial charge in [-0.3, -0.25) is 0 Å². The van der Waals surface area contributed by atoms with Crippen molar-refractivity contribution >= 4 is 74.1 Å². The maximum absolute atomic E-state index is 2.66. The van der Waals surface area contributed by atoms with E-state index in [1.54, 1.807) is 0 Å². The molecule has 0 bridgehead atoms. The summed E-state index contributed by atoms with van der Waals surface area (Å²) in [6.45, 7) is 5.32. The lowest BCUT2D eigenvalue weighted by atomic mass is 10.2. The van der Waals surface area contributed by atoms with Gasteiger partial charge in [0.25, 0.3) is 0 Å². The van der Waals surface area contributed by atoms with Gasteiger partial charge in [-0.25, -0.2) is 0 Å².